The van der Waals surface area contributed by atoms with Gasteiger partial charge in [0, 0.05) is 25.1 Å². The van der Waals surface area contributed by atoms with Crippen molar-refractivity contribution in [1.82, 2.24) is 30.0 Å². The van der Waals surface area contributed by atoms with E-state index in [9.17, 15) is 9.18 Å². The lowest BCUT2D eigenvalue weighted by molar-refractivity contribution is 0.0787. The quantitative estimate of drug-likeness (QED) is 0.680. The average Bonchev–Trinajstić information content (AvgIpc) is 3.42. The van der Waals surface area contributed by atoms with Crippen molar-refractivity contribution in [3.8, 4) is 11.6 Å². The fourth-order valence-corrected chi connectivity index (χ4v) is 3.19. The first-order valence-corrected chi connectivity index (χ1v) is 8.92. The third-order valence-electron chi connectivity index (χ3n) is 4.50. The first kappa shape index (κ1) is 17.6. The van der Waals surface area contributed by atoms with E-state index in [-0.39, 0.29) is 17.0 Å². The first-order valence-electron chi connectivity index (χ1n) is 8.54. The molecular weight excluding hydrogens is 375 g/mol. The number of carbonyl (C=O) groups excluding carboxylic acids is 1. The molecule has 0 radical (unpaired) electrons. The van der Waals surface area contributed by atoms with Crippen LogP contribution in [0.3, 0.4) is 0 Å². The number of benzene rings is 1. The number of amides is 1. The van der Waals surface area contributed by atoms with E-state index in [2.05, 4.69) is 20.5 Å². The Bertz CT molecular complexity index is 987. The Labute approximate surface area is 158 Å². The Balaban J connectivity index is 1.46. The van der Waals surface area contributed by atoms with Gasteiger partial charge in [0.15, 0.2) is 11.5 Å². The molecule has 0 N–H and O–H groups in total. The van der Waals surface area contributed by atoms with E-state index in [1.54, 1.807) is 15.8 Å². The minimum absolute atomic E-state index is 0.0142. The number of aromatic nitrogens is 5. The predicted octanol–water partition coefficient (Wildman–Crippen LogP) is 2.77. The Kier molecular flexibility index (Phi) is 4.61. The van der Waals surface area contributed by atoms with Crippen LogP contribution in [0.4, 0.5) is 4.39 Å². The highest BCUT2D eigenvalue weighted by Crippen LogP contribution is 2.25. The van der Waals surface area contributed by atoms with Crippen molar-refractivity contribution in [3.05, 3.63) is 46.6 Å². The van der Waals surface area contributed by atoms with E-state index in [1.165, 1.54) is 18.2 Å². The predicted molar refractivity (Wildman–Crippen MR) is 93.7 cm³/mol. The second-order valence-electron chi connectivity index (χ2n) is 6.28. The molecule has 1 saturated heterocycles. The van der Waals surface area contributed by atoms with Gasteiger partial charge in [0.05, 0.1) is 17.3 Å². The average molecular weight is 391 g/mol. The summed E-state index contributed by atoms with van der Waals surface area (Å²) in [6.07, 6.45) is 3.14. The van der Waals surface area contributed by atoms with Gasteiger partial charge in [-0.2, -0.15) is 4.98 Å². The van der Waals surface area contributed by atoms with Gasteiger partial charge in [-0.05, 0) is 24.6 Å². The van der Waals surface area contributed by atoms with Gasteiger partial charge in [-0.25, -0.2) is 9.07 Å². The molecule has 3 aromatic rings. The zero-order valence-corrected chi connectivity index (χ0v) is 15.2. The smallest absolute Gasteiger partial charge is 0.280 e. The monoisotopic (exact) mass is 390 g/mol. The molecule has 1 aliphatic rings. The summed E-state index contributed by atoms with van der Waals surface area (Å²) < 4.78 is 20.2. The van der Waals surface area contributed by atoms with Gasteiger partial charge in [0.25, 0.3) is 11.8 Å². The Morgan fingerprint density at radius 3 is 3.04 bits per heavy atom. The van der Waals surface area contributed by atoms with Crippen molar-refractivity contribution in [2.75, 3.05) is 13.1 Å². The van der Waals surface area contributed by atoms with E-state index in [4.69, 9.17) is 16.1 Å². The van der Waals surface area contributed by atoms with Gasteiger partial charge in [-0.1, -0.05) is 28.9 Å². The minimum atomic E-state index is -0.546. The second kappa shape index (κ2) is 7.07. The standard InChI is InChI=1S/C17H16ClFN6O2/c1-2-15-20-16(27-22-15)14-9-25(23-21-14)11-5-6-24(8-11)17(26)10-3-4-13(19)12(18)7-10/h3-4,7,9,11H,2,5-6,8H2,1H3/t11-/m1/s1. The van der Waals surface area contributed by atoms with Crippen LogP contribution in [-0.2, 0) is 6.42 Å². The third-order valence-corrected chi connectivity index (χ3v) is 4.79. The Morgan fingerprint density at radius 1 is 1.44 bits per heavy atom. The van der Waals surface area contributed by atoms with Crippen LogP contribution >= 0.6 is 11.6 Å². The summed E-state index contributed by atoms with van der Waals surface area (Å²) in [6, 6.07) is 3.97. The minimum Gasteiger partial charge on any atom is -0.336 e. The number of hydrogen-bond acceptors (Lipinski definition) is 6. The molecule has 1 atom stereocenters. The number of likely N-dealkylation sites (tertiary alicyclic amines) is 1. The maximum absolute atomic E-state index is 13.3. The maximum atomic E-state index is 13.3. The van der Waals surface area contributed by atoms with Gasteiger partial charge in [0.1, 0.15) is 5.82 Å². The molecule has 27 heavy (non-hydrogen) atoms. The number of aryl methyl sites for hydroxylation is 1. The fraction of sp³-hybridized carbons (Fsp3) is 0.353. The van der Waals surface area contributed by atoms with Crippen molar-refractivity contribution >= 4 is 17.5 Å². The van der Waals surface area contributed by atoms with Crippen LogP contribution in [0.5, 0.6) is 0 Å². The van der Waals surface area contributed by atoms with Gasteiger partial charge >= 0.3 is 0 Å². The SMILES string of the molecule is CCc1noc(-c2cn([C@@H]3CCN(C(=O)c4ccc(F)c(Cl)c4)C3)nn2)n1. The van der Waals surface area contributed by atoms with Crippen molar-refractivity contribution in [3.63, 3.8) is 0 Å². The van der Waals surface area contributed by atoms with Crippen molar-refractivity contribution < 1.29 is 13.7 Å². The summed E-state index contributed by atoms with van der Waals surface area (Å²) in [5.74, 6) is 0.194. The van der Waals surface area contributed by atoms with Gasteiger partial charge in [0.2, 0.25) is 0 Å². The van der Waals surface area contributed by atoms with E-state index in [0.29, 0.717) is 42.5 Å². The number of nitrogens with zero attached hydrogens (tertiary/aromatic N) is 6. The van der Waals surface area contributed by atoms with E-state index >= 15 is 0 Å². The van der Waals surface area contributed by atoms with Crippen LogP contribution in [-0.4, -0.2) is 49.0 Å². The molecule has 0 unspecified atom stereocenters. The lowest BCUT2D eigenvalue weighted by Crippen LogP contribution is -2.29. The first-order chi connectivity index (χ1) is 13.0. The highest BCUT2D eigenvalue weighted by Gasteiger charge is 2.29. The summed E-state index contributed by atoms with van der Waals surface area (Å²) in [6.45, 7) is 2.97. The summed E-state index contributed by atoms with van der Waals surface area (Å²) in [5.41, 5.74) is 0.858. The molecule has 1 aromatic carbocycles. The van der Waals surface area contributed by atoms with Crippen LogP contribution in [0.1, 0.15) is 35.6 Å². The molecule has 1 aliphatic heterocycles. The number of rotatable bonds is 4. The van der Waals surface area contributed by atoms with Crippen LogP contribution in [0.15, 0.2) is 28.9 Å². The van der Waals surface area contributed by atoms with Crippen molar-refractivity contribution in [2.24, 2.45) is 0 Å². The van der Waals surface area contributed by atoms with E-state index in [0.717, 1.165) is 6.42 Å². The molecule has 140 valence electrons. The van der Waals surface area contributed by atoms with Crippen molar-refractivity contribution in [2.45, 2.75) is 25.8 Å². The lowest BCUT2D eigenvalue weighted by atomic mass is 10.2. The zero-order chi connectivity index (χ0) is 19.0. The summed E-state index contributed by atoms with van der Waals surface area (Å²) >= 11 is 5.77. The maximum Gasteiger partial charge on any atom is 0.280 e. The molecule has 0 saturated carbocycles. The molecule has 3 heterocycles. The van der Waals surface area contributed by atoms with Gasteiger partial charge in [-0.15, -0.1) is 5.10 Å². The van der Waals surface area contributed by atoms with Crippen molar-refractivity contribution in [1.29, 1.82) is 0 Å². The summed E-state index contributed by atoms with van der Waals surface area (Å²) in [5, 5.41) is 12.0. The second-order valence-corrected chi connectivity index (χ2v) is 6.68. The Hall–Kier alpha value is -2.81. The topological polar surface area (TPSA) is 89.9 Å². The number of halogens is 2. The molecule has 10 heteroatoms. The molecule has 8 nitrogen and oxygen atoms in total. The number of carbonyl (C=O) groups is 1. The number of hydrogen-bond donors (Lipinski definition) is 0. The van der Waals surface area contributed by atoms with E-state index < -0.39 is 5.82 Å². The molecule has 0 spiro atoms. The molecule has 2 aromatic heterocycles. The molecule has 0 aliphatic carbocycles. The Morgan fingerprint density at radius 2 is 2.30 bits per heavy atom. The van der Waals surface area contributed by atoms with Crippen LogP contribution in [0.25, 0.3) is 11.6 Å². The van der Waals surface area contributed by atoms with Gasteiger partial charge < -0.3 is 9.42 Å². The third kappa shape index (κ3) is 3.42. The van der Waals surface area contributed by atoms with Crippen LogP contribution in [0, 0.1) is 5.82 Å². The van der Waals surface area contributed by atoms with Crippen LogP contribution < -0.4 is 0 Å². The molecule has 1 amide bonds. The highest BCUT2D eigenvalue weighted by atomic mass is 35.5. The lowest BCUT2D eigenvalue weighted by Gasteiger charge is -2.16. The summed E-state index contributed by atoms with van der Waals surface area (Å²) in [7, 11) is 0. The fourth-order valence-electron chi connectivity index (χ4n) is 3.01. The highest BCUT2D eigenvalue weighted by molar-refractivity contribution is 6.31. The largest absolute Gasteiger partial charge is 0.336 e. The van der Waals surface area contributed by atoms with Crippen LogP contribution in [0.2, 0.25) is 5.02 Å². The normalized spacial score (nSPS) is 16.9. The molecule has 1 fully saturated rings. The molecular formula is C17H16ClFN6O2. The summed E-state index contributed by atoms with van der Waals surface area (Å²) in [4.78, 5) is 18.5. The van der Waals surface area contributed by atoms with E-state index in [1.807, 2.05) is 6.92 Å². The molecule has 0 bridgehead atoms. The molecule has 4 rings (SSSR count). The van der Waals surface area contributed by atoms with Gasteiger partial charge in [-0.3, -0.25) is 4.79 Å². The zero-order valence-electron chi connectivity index (χ0n) is 14.5.